The summed E-state index contributed by atoms with van der Waals surface area (Å²) in [5.41, 5.74) is 3.62. The molecule has 0 radical (unpaired) electrons. The zero-order chi connectivity index (χ0) is 19.0. The molecule has 1 fully saturated rings. The Morgan fingerprint density at radius 1 is 1.30 bits per heavy atom. The van der Waals surface area contributed by atoms with Crippen molar-refractivity contribution in [2.24, 2.45) is 0 Å². The van der Waals surface area contributed by atoms with Crippen LogP contribution in [0.3, 0.4) is 0 Å². The van der Waals surface area contributed by atoms with Crippen LogP contribution in [0.2, 0.25) is 0 Å². The van der Waals surface area contributed by atoms with Gasteiger partial charge in [0.2, 0.25) is 0 Å². The second-order valence-corrected chi connectivity index (χ2v) is 7.39. The summed E-state index contributed by atoms with van der Waals surface area (Å²) in [5.74, 6) is 0.948. The number of phenols is 1. The van der Waals surface area contributed by atoms with Crippen molar-refractivity contribution in [1.29, 1.82) is 5.26 Å². The van der Waals surface area contributed by atoms with E-state index < -0.39 is 0 Å². The molecule has 0 spiro atoms. The van der Waals surface area contributed by atoms with Crippen LogP contribution in [0.1, 0.15) is 24.0 Å². The van der Waals surface area contributed by atoms with Crippen LogP contribution >= 0.6 is 0 Å². The van der Waals surface area contributed by atoms with Crippen molar-refractivity contribution >= 4 is 11.5 Å². The van der Waals surface area contributed by atoms with Crippen LogP contribution in [0.15, 0.2) is 18.2 Å². The molecule has 7 heteroatoms. The van der Waals surface area contributed by atoms with E-state index in [0.717, 1.165) is 43.2 Å². The van der Waals surface area contributed by atoms with E-state index in [-0.39, 0.29) is 5.75 Å². The standard InChI is InChI=1S/C20H24N6O/c1-13-18(16-6-5-14(11-21)10-17(16)27)23-24-20-19(13)22-7-9-26(20)15-4-3-8-25(2)12-15/h5-6,10,15,22,27H,3-4,7-9,12H2,1-2H3/t15-/m0/s1. The second kappa shape index (κ2) is 7.05. The highest BCUT2D eigenvalue weighted by Gasteiger charge is 2.30. The van der Waals surface area contributed by atoms with Gasteiger partial charge in [0.05, 0.1) is 17.3 Å². The van der Waals surface area contributed by atoms with E-state index in [9.17, 15) is 5.11 Å². The summed E-state index contributed by atoms with van der Waals surface area (Å²) in [6.45, 7) is 5.97. The lowest BCUT2D eigenvalue weighted by atomic mass is 10.0. The van der Waals surface area contributed by atoms with Gasteiger partial charge in [0.25, 0.3) is 0 Å². The van der Waals surface area contributed by atoms with Crippen molar-refractivity contribution in [2.45, 2.75) is 25.8 Å². The molecule has 1 aromatic heterocycles. The minimum Gasteiger partial charge on any atom is -0.507 e. The first-order valence-electron chi connectivity index (χ1n) is 9.38. The highest BCUT2D eigenvalue weighted by molar-refractivity contribution is 5.81. The number of aromatic hydroxyl groups is 1. The van der Waals surface area contributed by atoms with Crippen LogP contribution in [-0.2, 0) is 0 Å². The molecular weight excluding hydrogens is 340 g/mol. The Kier molecular flexibility index (Phi) is 4.58. The quantitative estimate of drug-likeness (QED) is 0.845. The van der Waals surface area contributed by atoms with E-state index in [1.165, 1.54) is 18.9 Å². The van der Waals surface area contributed by atoms with E-state index in [0.29, 0.717) is 22.9 Å². The monoisotopic (exact) mass is 364 g/mol. The maximum atomic E-state index is 10.3. The number of benzene rings is 1. The van der Waals surface area contributed by atoms with Crippen LogP contribution in [0, 0.1) is 18.3 Å². The highest BCUT2D eigenvalue weighted by Crippen LogP contribution is 2.38. The maximum absolute atomic E-state index is 10.3. The van der Waals surface area contributed by atoms with Crippen molar-refractivity contribution in [1.82, 2.24) is 15.1 Å². The van der Waals surface area contributed by atoms with Crippen molar-refractivity contribution < 1.29 is 5.11 Å². The number of fused-ring (bicyclic) bond motifs is 1. The molecule has 4 rings (SSSR count). The molecule has 1 atom stereocenters. The Balaban J connectivity index is 1.72. The number of hydrogen-bond acceptors (Lipinski definition) is 7. The molecule has 0 amide bonds. The maximum Gasteiger partial charge on any atom is 0.175 e. The normalized spacial score (nSPS) is 19.9. The Labute approximate surface area is 159 Å². The minimum absolute atomic E-state index is 0.0490. The summed E-state index contributed by atoms with van der Waals surface area (Å²) in [6, 6.07) is 7.37. The molecule has 2 N–H and O–H groups in total. The molecular formula is C20H24N6O. The molecule has 140 valence electrons. The van der Waals surface area contributed by atoms with Gasteiger partial charge in [-0.15, -0.1) is 10.2 Å². The van der Waals surface area contributed by atoms with Gasteiger partial charge in [0.1, 0.15) is 11.4 Å². The third kappa shape index (κ3) is 3.17. The largest absolute Gasteiger partial charge is 0.507 e. The third-order valence-electron chi connectivity index (χ3n) is 5.55. The Hall–Kier alpha value is -2.85. The summed E-state index contributed by atoms with van der Waals surface area (Å²) in [5, 5.41) is 31.8. The number of anilines is 2. The van der Waals surface area contributed by atoms with Gasteiger partial charge in [-0.2, -0.15) is 5.26 Å². The number of likely N-dealkylation sites (N-methyl/N-ethyl adjacent to an activating group) is 1. The molecule has 0 aliphatic carbocycles. The average Bonchev–Trinajstić information content (AvgIpc) is 2.68. The molecule has 0 bridgehead atoms. The molecule has 3 heterocycles. The van der Waals surface area contributed by atoms with E-state index in [2.05, 4.69) is 32.4 Å². The molecule has 1 aromatic carbocycles. The van der Waals surface area contributed by atoms with Gasteiger partial charge in [0, 0.05) is 36.8 Å². The Morgan fingerprint density at radius 3 is 2.89 bits per heavy atom. The molecule has 2 aliphatic rings. The van der Waals surface area contributed by atoms with Gasteiger partial charge in [-0.05, 0) is 51.6 Å². The van der Waals surface area contributed by atoms with E-state index in [4.69, 9.17) is 5.26 Å². The molecule has 27 heavy (non-hydrogen) atoms. The number of hydrogen-bond donors (Lipinski definition) is 2. The van der Waals surface area contributed by atoms with E-state index in [1.54, 1.807) is 12.1 Å². The number of rotatable bonds is 2. The molecule has 1 saturated heterocycles. The number of nitrogens with zero attached hydrogens (tertiary/aromatic N) is 5. The SMILES string of the molecule is Cc1c(-c2ccc(C#N)cc2O)nnc2c1NCCN2[C@H]1CCCN(C)C1. The molecule has 0 unspecified atom stereocenters. The van der Waals surface area contributed by atoms with Gasteiger partial charge < -0.3 is 20.2 Å². The lowest BCUT2D eigenvalue weighted by Gasteiger charge is -2.41. The smallest absolute Gasteiger partial charge is 0.175 e. The first-order chi connectivity index (χ1) is 13.1. The third-order valence-corrected chi connectivity index (χ3v) is 5.55. The highest BCUT2D eigenvalue weighted by atomic mass is 16.3. The number of phenolic OH excluding ortho intramolecular Hbond substituents is 1. The summed E-state index contributed by atoms with van der Waals surface area (Å²) < 4.78 is 0. The zero-order valence-corrected chi connectivity index (χ0v) is 15.7. The number of aromatic nitrogens is 2. The van der Waals surface area contributed by atoms with Gasteiger partial charge in [0.15, 0.2) is 5.82 Å². The predicted molar refractivity (Wildman–Crippen MR) is 105 cm³/mol. The Bertz CT molecular complexity index is 906. The Morgan fingerprint density at radius 2 is 2.15 bits per heavy atom. The van der Waals surface area contributed by atoms with Crippen molar-refractivity contribution in [3.05, 3.63) is 29.3 Å². The fraction of sp³-hybridized carbons (Fsp3) is 0.450. The molecule has 2 aliphatic heterocycles. The zero-order valence-electron chi connectivity index (χ0n) is 15.7. The average molecular weight is 364 g/mol. The molecule has 0 saturated carbocycles. The lowest BCUT2D eigenvalue weighted by molar-refractivity contribution is 0.244. The van der Waals surface area contributed by atoms with Gasteiger partial charge in [-0.3, -0.25) is 0 Å². The van der Waals surface area contributed by atoms with Crippen LogP contribution in [-0.4, -0.2) is 59.5 Å². The van der Waals surface area contributed by atoms with Crippen molar-refractivity contribution in [3.8, 4) is 23.1 Å². The van der Waals surface area contributed by atoms with Crippen LogP contribution in [0.5, 0.6) is 5.75 Å². The second-order valence-electron chi connectivity index (χ2n) is 7.39. The topological polar surface area (TPSA) is 88.3 Å². The summed E-state index contributed by atoms with van der Waals surface area (Å²) >= 11 is 0. The predicted octanol–water partition coefficient (Wildman–Crippen LogP) is 2.36. The first-order valence-corrected chi connectivity index (χ1v) is 9.38. The van der Waals surface area contributed by atoms with Crippen LogP contribution in [0.4, 0.5) is 11.5 Å². The number of piperidine rings is 1. The van der Waals surface area contributed by atoms with Gasteiger partial charge >= 0.3 is 0 Å². The van der Waals surface area contributed by atoms with Crippen molar-refractivity contribution in [3.63, 3.8) is 0 Å². The van der Waals surface area contributed by atoms with Gasteiger partial charge in [-0.25, -0.2) is 0 Å². The summed E-state index contributed by atoms with van der Waals surface area (Å²) in [7, 11) is 2.17. The first kappa shape index (κ1) is 17.6. The van der Waals surface area contributed by atoms with E-state index >= 15 is 0 Å². The van der Waals surface area contributed by atoms with Crippen LogP contribution < -0.4 is 10.2 Å². The van der Waals surface area contributed by atoms with Crippen LogP contribution in [0.25, 0.3) is 11.3 Å². The number of likely N-dealkylation sites (tertiary alicyclic amines) is 1. The molecule has 2 aromatic rings. The van der Waals surface area contributed by atoms with Gasteiger partial charge in [-0.1, -0.05) is 0 Å². The van der Waals surface area contributed by atoms with Crippen molar-refractivity contribution in [2.75, 3.05) is 43.4 Å². The fourth-order valence-electron chi connectivity index (χ4n) is 4.13. The lowest BCUT2D eigenvalue weighted by Crippen LogP contribution is -2.50. The molecule has 7 nitrogen and oxygen atoms in total. The number of nitriles is 1. The summed E-state index contributed by atoms with van der Waals surface area (Å²) in [4.78, 5) is 4.75. The van der Waals surface area contributed by atoms with E-state index in [1.807, 2.05) is 13.0 Å². The fourth-order valence-corrected chi connectivity index (χ4v) is 4.13. The summed E-state index contributed by atoms with van der Waals surface area (Å²) in [6.07, 6.45) is 2.37. The minimum atomic E-state index is 0.0490. The number of nitrogens with one attached hydrogen (secondary N) is 1.